The minimum Gasteiger partial charge on any atom is -0.308 e. The first-order chi connectivity index (χ1) is 13.3. The Balaban J connectivity index is 0.00000300. The summed E-state index contributed by atoms with van der Waals surface area (Å²) in [5.74, 6) is 0.101. The third kappa shape index (κ3) is 5.35. The standard InChI is InChI=1S/C23H29N3OS.ClH/c1-15-7-8-17(3)19(13-15)14-21(27)26(12-11-25(5)6)23-24-22-18(4)16(2)9-10-20(22)28-23;/h7-10,13H,11-12,14H2,1-6H3;1H. The topological polar surface area (TPSA) is 36.4 Å². The van der Waals surface area contributed by atoms with Crippen LogP contribution in [-0.2, 0) is 11.2 Å². The molecule has 0 aliphatic rings. The van der Waals surface area contributed by atoms with Crippen LogP contribution >= 0.6 is 23.7 Å². The zero-order chi connectivity index (χ0) is 20.4. The minimum atomic E-state index is 0. The van der Waals surface area contributed by atoms with E-state index in [9.17, 15) is 4.79 Å². The quantitative estimate of drug-likeness (QED) is 0.545. The van der Waals surface area contributed by atoms with Crippen LogP contribution < -0.4 is 4.90 Å². The van der Waals surface area contributed by atoms with Crippen LogP contribution in [0.1, 0.15) is 27.8 Å². The number of benzene rings is 2. The van der Waals surface area contributed by atoms with Gasteiger partial charge in [0.25, 0.3) is 0 Å². The van der Waals surface area contributed by atoms with Crippen LogP contribution in [0.25, 0.3) is 10.2 Å². The highest BCUT2D eigenvalue weighted by Gasteiger charge is 2.21. The molecule has 1 amide bonds. The van der Waals surface area contributed by atoms with Crippen molar-refractivity contribution in [1.29, 1.82) is 0 Å². The average molecular weight is 432 g/mol. The van der Waals surface area contributed by atoms with Crippen molar-refractivity contribution in [3.05, 3.63) is 58.1 Å². The van der Waals surface area contributed by atoms with Gasteiger partial charge in [-0.2, -0.15) is 0 Å². The Bertz CT molecular complexity index is 1010. The number of amides is 1. The fraction of sp³-hybridized carbons (Fsp3) is 0.391. The maximum absolute atomic E-state index is 13.3. The Labute approximate surface area is 184 Å². The summed E-state index contributed by atoms with van der Waals surface area (Å²) < 4.78 is 1.13. The van der Waals surface area contributed by atoms with Gasteiger partial charge in [0.1, 0.15) is 0 Å². The van der Waals surface area contributed by atoms with Crippen LogP contribution in [-0.4, -0.2) is 43.0 Å². The number of rotatable bonds is 6. The minimum absolute atomic E-state index is 0. The molecule has 0 N–H and O–H groups in total. The van der Waals surface area contributed by atoms with Gasteiger partial charge in [0, 0.05) is 13.1 Å². The summed E-state index contributed by atoms with van der Waals surface area (Å²) in [7, 11) is 4.05. The highest BCUT2D eigenvalue weighted by molar-refractivity contribution is 7.22. The number of hydrogen-bond acceptors (Lipinski definition) is 4. The number of hydrogen-bond donors (Lipinski definition) is 0. The molecule has 2 aromatic carbocycles. The fourth-order valence-corrected chi connectivity index (χ4v) is 4.27. The first-order valence-electron chi connectivity index (χ1n) is 9.64. The van der Waals surface area contributed by atoms with Gasteiger partial charge in [-0.25, -0.2) is 4.98 Å². The van der Waals surface area contributed by atoms with Crippen LogP contribution in [0.15, 0.2) is 30.3 Å². The molecule has 0 fully saturated rings. The molecule has 4 nitrogen and oxygen atoms in total. The molecule has 156 valence electrons. The molecular weight excluding hydrogens is 402 g/mol. The number of anilines is 1. The lowest BCUT2D eigenvalue weighted by molar-refractivity contribution is -0.118. The van der Waals surface area contributed by atoms with Crippen LogP contribution in [0.4, 0.5) is 5.13 Å². The van der Waals surface area contributed by atoms with E-state index >= 15 is 0 Å². The third-order valence-corrected chi connectivity index (χ3v) is 6.27. The van der Waals surface area contributed by atoms with Gasteiger partial charge in [-0.05, 0) is 70.1 Å². The Kier molecular flexibility index (Phi) is 7.80. The van der Waals surface area contributed by atoms with Gasteiger partial charge in [0.15, 0.2) is 5.13 Å². The van der Waals surface area contributed by atoms with E-state index < -0.39 is 0 Å². The lowest BCUT2D eigenvalue weighted by Gasteiger charge is -2.22. The summed E-state index contributed by atoms with van der Waals surface area (Å²) in [5.41, 5.74) is 6.85. The van der Waals surface area contributed by atoms with E-state index in [1.807, 2.05) is 19.0 Å². The normalized spacial score (nSPS) is 11.0. The molecule has 0 aliphatic carbocycles. The molecule has 0 saturated carbocycles. The van der Waals surface area contributed by atoms with Gasteiger partial charge >= 0.3 is 0 Å². The molecule has 0 aliphatic heterocycles. The van der Waals surface area contributed by atoms with Crippen LogP contribution in [0.5, 0.6) is 0 Å². The van der Waals surface area contributed by atoms with Crippen molar-refractivity contribution in [2.24, 2.45) is 0 Å². The fourth-order valence-electron chi connectivity index (χ4n) is 3.21. The number of aryl methyl sites for hydroxylation is 4. The smallest absolute Gasteiger partial charge is 0.233 e. The second-order valence-corrected chi connectivity index (χ2v) is 8.82. The number of aromatic nitrogens is 1. The number of halogens is 1. The van der Waals surface area contributed by atoms with Crippen molar-refractivity contribution in [1.82, 2.24) is 9.88 Å². The number of likely N-dealkylation sites (N-methyl/N-ethyl adjacent to an activating group) is 1. The molecule has 1 heterocycles. The van der Waals surface area contributed by atoms with E-state index in [-0.39, 0.29) is 18.3 Å². The van der Waals surface area contributed by atoms with Crippen molar-refractivity contribution in [3.63, 3.8) is 0 Å². The van der Waals surface area contributed by atoms with Gasteiger partial charge < -0.3 is 4.90 Å². The Morgan fingerprint density at radius 2 is 1.69 bits per heavy atom. The van der Waals surface area contributed by atoms with Crippen molar-refractivity contribution < 1.29 is 4.79 Å². The van der Waals surface area contributed by atoms with Gasteiger partial charge in [-0.3, -0.25) is 9.69 Å². The van der Waals surface area contributed by atoms with E-state index in [0.29, 0.717) is 13.0 Å². The molecule has 6 heteroatoms. The molecule has 29 heavy (non-hydrogen) atoms. The predicted octanol–water partition coefficient (Wildman–Crippen LogP) is 5.09. The van der Waals surface area contributed by atoms with Crippen LogP contribution in [0.3, 0.4) is 0 Å². The number of thiazole rings is 1. The average Bonchev–Trinajstić information content (AvgIpc) is 3.06. The number of carbonyl (C=O) groups excluding carboxylic acids is 1. The monoisotopic (exact) mass is 431 g/mol. The molecule has 3 rings (SSSR count). The first-order valence-corrected chi connectivity index (χ1v) is 10.5. The van der Waals surface area contributed by atoms with Gasteiger partial charge in [-0.1, -0.05) is 41.2 Å². The summed E-state index contributed by atoms with van der Waals surface area (Å²) >= 11 is 1.60. The SMILES string of the molecule is Cc1ccc(C)c(CC(=O)N(CCN(C)C)c2nc3c(C)c(C)ccc3s2)c1.Cl. The van der Waals surface area contributed by atoms with Gasteiger partial charge in [0.2, 0.25) is 5.91 Å². The molecule has 0 unspecified atom stereocenters. The van der Waals surface area contributed by atoms with E-state index in [4.69, 9.17) is 4.98 Å². The molecule has 3 aromatic rings. The highest BCUT2D eigenvalue weighted by Crippen LogP contribution is 2.32. The van der Waals surface area contributed by atoms with E-state index in [0.717, 1.165) is 33.0 Å². The van der Waals surface area contributed by atoms with Gasteiger partial charge in [0.05, 0.1) is 16.6 Å². The Morgan fingerprint density at radius 1 is 1.00 bits per heavy atom. The maximum Gasteiger partial charge on any atom is 0.233 e. The number of carbonyl (C=O) groups is 1. The predicted molar refractivity (Wildman–Crippen MR) is 127 cm³/mol. The lowest BCUT2D eigenvalue weighted by atomic mass is 10.0. The Morgan fingerprint density at radius 3 is 2.38 bits per heavy atom. The molecule has 0 saturated heterocycles. The summed E-state index contributed by atoms with van der Waals surface area (Å²) in [6.45, 7) is 9.76. The number of nitrogens with zero attached hydrogens (tertiary/aromatic N) is 3. The van der Waals surface area contributed by atoms with Crippen molar-refractivity contribution in [2.45, 2.75) is 34.1 Å². The van der Waals surface area contributed by atoms with Crippen molar-refractivity contribution >= 4 is 45.0 Å². The maximum atomic E-state index is 13.3. The van der Waals surface area contributed by atoms with Crippen LogP contribution in [0, 0.1) is 27.7 Å². The molecule has 1 aromatic heterocycles. The molecule has 0 bridgehead atoms. The lowest BCUT2D eigenvalue weighted by Crippen LogP contribution is -2.37. The van der Waals surface area contributed by atoms with Crippen LogP contribution in [0.2, 0.25) is 0 Å². The Hall–Kier alpha value is -1.95. The molecular formula is C23H30ClN3OS. The van der Waals surface area contributed by atoms with E-state index in [2.05, 4.69) is 62.9 Å². The first kappa shape index (κ1) is 23.3. The molecule has 0 radical (unpaired) electrons. The molecule has 0 spiro atoms. The van der Waals surface area contributed by atoms with E-state index in [1.54, 1.807) is 11.3 Å². The van der Waals surface area contributed by atoms with Crippen molar-refractivity contribution in [2.75, 3.05) is 32.1 Å². The third-order valence-electron chi connectivity index (χ3n) is 5.22. The van der Waals surface area contributed by atoms with Crippen molar-refractivity contribution in [3.8, 4) is 0 Å². The zero-order valence-electron chi connectivity index (χ0n) is 18.1. The summed E-state index contributed by atoms with van der Waals surface area (Å²) in [5, 5.41) is 0.792. The highest BCUT2D eigenvalue weighted by atomic mass is 35.5. The second-order valence-electron chi connectivity index (χ2n) is 7.81. The summed E-state index contributed by atoms with van der Waals surface area (Å²) in [6, 6.07) is 10.5. The van der Waals surface area contributed by atoms with Gasteiger partial charge in [-0.15, -0.1) is 12.4 Å². The van der Waals surface area contributed by atoms with E-state index in [1.165, 1.54) is 16.7 Å². The number of fused-ring (bicyclic) bond motifs is 1. The zero-order valence-corrected chi connectivity index (χ0v) is 19.7. The second kappa shape index (κ2) is 9.70. The summed E-state index contributed by atoms with van der Waals surface area (Å²) in [6.07, 6.45) is 0.398. The summed E-state index contributed by atoms with van der Waals surface area (Å²) in [4.78, 5) is 22.1. The molecule has 0 atom stereocenters. The largest absolute Gasteiger partial charge is 0.308 e.